The summed E-state index contributed by atoms with van der Waals surface area (Å²) in [5.41, 5.74) is 2.12. The Bertz CT molecular complexity index is 1200. The third kappa shape index (κ3) is 8.81. The molecule has 4 rings (SSSR count). The van der Waals surface area contributed by atoms with Crippen molar-refractivity contribution in [2.75, 3.05) is 53.1 Å². The molecule has 0 radical (unpaired) electrons. The second kappa shape index (κ2) is 13.6. The summed E-state index contributed by atoms with van der Waals surface area (Å²) in [4.78, 5) is 16.5. The fourth-order valence-electron chi connectivity index (χ4n) is 4.75. The van der Waals surface area contributed by atoms with Crippen LogP contribution in [-0.2, 0) is 22.6 Å². The maximum absolute atomic E-state index is 12.7. The van der Waals surface area contributed by atoms with Crippen LogP contribution in [0, 0.1) is 13.8 Å². The highest BCUT2D eigenvalue weighted by molar-refractivity contribution is 5.77. The molecule has 2 heterocycles. The molecule has 1 atom stereocenters. The minimum atomic E-state index is -1.25. The van der Waals surface area contributed by atoms with Crippen molar-refractivity contribution in [3.05, 3.63) is 77.6 Å². The Labute approximate surface area is 230 Å². The van der Waals surface area contributed by atoms with E-state index >= 15 is 0 Å². The second-order valence-electron chi connectivity index (χ2n) is 10.4. The second-order valence-corrected chi connectivity index (χ2v) is 10.4. The van der Waals surface area contributed by atoms with Crippen LogP contribution in [0.2, 0.25) is 0 Å². The molecule has 0 unspecified atom stereocenters. The third-order valence-corrected chi connectivity index (χ3v) is 6.71. The molecule has 0 bridgehead atoms. The number of benzene rings is 2. The first kappa shape index (κ1) is 28.6. The van der Waals surface area contributed by atoms with Crippen LogP contribution in [0.5, 0.6) is 11.5 Å². The smallest absolute Gasteiger partial charge is 0.248 e. The molecule has 1 fully saturated rings. The molecule has 1 aliphatic heterocycles. The molecule has 9 nitrogen and oxygen atoms in total. The van der Waals surface area contributed by atoms with E-state index < -0.39 is 5.60 Å². The number of hydrogen-bond donors (Lipinski definition) is 1. The lowest BCUT2D eigenvalue weighted by molar-refractivity contribution is -0.138. The van der Waals surface area contributed by atoms with Gasteiger partial charge in [0.15, 0.2) is 0 Å². The number of carbonyl (C=O) groups is 1. The first-order valence-electron chi connectivity index (χ1n) is 13.4. The Morgan fingerprint density at radius 1 is 1.03 bits per heavy atom. The molecule has 1 aromatic heterocycles. The van der Waals surface area contributed by atoms with E-state index in [0.29, 0.717) is 38.5 Å². The predicted octanol–water partition coefficient (Wildman–Crippen LogP) is 3.07. The van der Waals surface area contributed by atoms with Crippen LogP contribution in [0.3, 0.4) is 0 Å². The summed E-state index contributed by atoms with van der Waals surface area (Å²) < 4.78 is 19.0. The van der Waals surface area contributed by atoms with Gasteiger partial charge in [-0.25, -0.2) is 0 Å². The molecule has 9 heteroatoms. The molecular weight excluding hydrogens is 496 g/mol. The van der Waals surface area contributed by atoms with Crippen molar-refractivity contribution in [1.82, 2.24) is 19.6 Å². The third-order valence-electron chi connectivity index (χ3n) is 6.71. The van der Waals surface area contributed by atoms with Crippen molar-refractivity contribution in [1.29, 1.82) is 0 Å². The van der Waals surface area contributed by atoms with Gasteiger partial charge >= 0.3 is 0 Å². The van der Waals surface area contributed by atoms with E-state index in [1.165, 1.54) is 7.11 Å². The Kier molecular flexibility index (Phi) is 9.97. The molecule has 1 aliphatic rings. The number of amides is 1. The number of aromatic nitrogens is 2. The summed E-state index contributed by atoms with van der Waals surface area (Å²) in [7, 11) is 1.50. The molecule has 39 heavy (non-hydrogen) atoms. The van der Waals surface area contributed by atoms with Crippen LogP contribution in [0.15, 0.2) is 60.9 Å². The Hall–Kier alpha value is -3.40. The Morgan fingerprint density at radius 3 is 2.59 bits per heavy atom. The summed E-state index contributed by atoms with van der Waals surface area (Å²) in [5, 5.41) is 16.0. The zero-order valence-electron chi connectivity index (χ0n) is 23.2. The van der Waals surface area contributed by atoms with E-state index in [0.717, 1.165) is 35.4 Å². The summed E-state index contributed by atoms with van der Waals surface area (Å²) in [6.45, 7) is 7.78. The highest BCUT2D eigenvalue weighted by Gasteiger charge is 2.37. The molecule has 210 valence electrons. The van der Waals surface area contributed by atoms with Gasteiger partial charge in [0.25, 0.3) is 0 Å². The highest BCUT2D eigenvalue weighted by atomic mass is 16.5. The van der Waals surface area contributed by atoms with E-state index in [2.05, 4.69) is 16.1 Å². The summed E-state index contributed by atoms with van der Waals surface area (Å²) in [5.74, 6) is 1.36. The maximum atomic E-state index is 12.7. The van der Waals surface area contributed by atoms with E-state index in [9.17, 15) is 9.90 Å². The predicted molar refractivity (Wildman–Crippen MR) is 149 cm³/mol. The lowest BCUT2D eigenvalue weighted by atomic mass is 10.0. The molecule has 0 spiro atoms. The van der Waals surface area contributed by atoms with Gasteiger partial charge in [-0.3, -0.25) is 14.4 Å². The normalized spacial score (nSPS) is 18.1. The van der Waals surface area contributed by atoms with E-state index in [-0.39, 0.29) is 25.7 Å². The van der Waals surface area contributed by atoms with Gasteiger partial charge in [0, 0.05) is 52.5 Å². The first-order chi connectivity index (χ1) is 18.8. The Morgan fingerprint density at radius 2 is 1.85 bits per heavy atom. The number of aliphatic hydroxyl groups is 1. The van der Waals surface area contributed by atoms with Crippen LogP contribution >= 0.6 is 0 Å². The Balaban J connectivity index is 1.37. The van der Waals surface area contributed by atoms with Crippen molar-refractivity contribution in [3.63, 3.8) is 0 Å². The fraction of sp³-hybridized carbons (Fsp3) is 0.467. The maximum Gasteiger partial charge on any atom is 0.248 e. The van der Waals surface area contributed by atoms with Crippen LogP contribution < -0.4 is 9.47 Å². The number of methoxy groups -OCH3 is 1. The SMILES string of the molecule is COCC(=O)N1CCN(Cc2cccc(OCCCn3cc(C)cn3)c2)C[C@](O)(COc2ccc(C)cc2)C1. The van der Waals surface area contributed by atoms with Gasteiger partial charge in [-0.05, 0) is 49.2 Å². The first-order valence-corrected chi connectivity index (χ1v) is 13.4. The summed E-state index contributed by atoms with van der Waals surface area (Å²) >= 11 is 0. The van der Waals surface area contributed by atoms with Crippen molar-refractivity contribution in [2.24, 2.45) is 0 Å². The van der Waals surface area contributed by atoms with E-state index in [4.69, 9.17) is 14.2 Å². The van der Waals surface area contributed by atoms with Crippen LogP contribution in [0.1, 0.15) is 23.1 Å². The molecule has 0 aliphatic carbocycles. The minimum Gasteiger partial charge on any atom is -0.494 e. The van der Waals surface area contributed by atoms with Crippen molar-refractivity contribution >= 4 is 5.91 Å². The lowest BCUT2D eigenvalue weighted by Gasteiger charge is -2.33. The summed E-state index contributed by atoms with van der Waals surface area (Å²) in [6.07, 6.45) is 4.74. The molecular formula is C30H40N4O5. The number of rotatable bonds is 12. The van der Waals surface area contributed by atoms with Crippen LogP contribution in [0.25, 0.3) is 0 Å². The van der Waals surface area contributed by atoms with Gasteiger partial charge in [0.05, 0.1) is 19.3 Å². The summed E-state index contributed by atoms with van der Waals surface area (Å²) in [6, 6.07) is 15.8. The van der Waals surface area contributed by atoms with Crippen molar-refractivity contribution < 1.29 is 24.1 Å². The number of nitrogens with zero attached hydrogens (tertiary/aromatic N) is 4. The standard InChI is InChI=1S/C30H40N4O5/c1-24-8-10-27(11-9-24)39-23-30(36)21-32(13-14-33(22-30)29(35)20-37-3)19-26-6-4-7-28(16-26)38-15-5-12-34-18-25(2)17-31-34/h4,6-11,16-18,36H,5,12-15,19-23H2,1-3H3/t30-/m1/s1. The largest absolute Gasteiger partial charge is 0.494 e. The van der Waals surface area contributed by atoms with Crippen molar-refractivity contribution in [3.8, 4) is 11.5 Å². The van der Waals surface area contributed by atoms with Gasteiger partial charge < -0.3 is 24.2 Å². The minimum absolute atomic E-state index is 0.0196. The van der Waals surface area contributed by atoms with Crippen molar-refractivity contribution in [2.45, 2.75) is 39.0 Å². The van der Waals surface area contributed by atoms with E-state index in [1.807, 2.05) is 73.4 Å². The topological polar surface area (TPSA) is 89.3 Å². The quantitative estimate of drug-likeness (QED) is 0.356. The molecule has 1 amide bonds. The molecule has 1 N–H and O–H groups in total. The van der Waals surface area contributed by atoms with Crippen LogP contribution in [0.4, 0.5) is 0 Å². The van der Waals surface area contributed by atoms with Gasteiger partial charge in [0.2, 0.25) is 5.91 Å². The lowest BCUT2D eigenvalue weighted by Crippen LogP contribution is -2.52. The fourth-order valence-corrected chi connectivity index (χ4v) is 4.75. The number of aryl methyl sites for hydroxylation is 3. The van der Waals surface area contributed by atoms with E-state index in [1.54, 1.807) is 4.90 Å². The number of β-amino-alcohol motifs (C(OH)–C–C–N with tert-alkyl or cyclic N) is 1. The zero-order valence-corrected chi connectivity index (χ0v) is 23.2. The molecule has 0 saturated carbocycles. The van der Waals surface area contributed by atoms with Gasteiger partial charge in [-0.2, -0.15) is 5.10 Å². The average molecular weight is 537 g/mol. The number of carbonyl (C=O) groups excluding carboxylic acids is 1. The molecule has 2 aromatic carbocycles. The molecule has 1 saturated heterocycles. The zero-order chi connectivity index (χ0) is 27.7. The number of hydrogen-bond acceptors (Lipinski definition) is 7. The van der Waals surface area contributed by atoms with Crippen LogP contribution in [-0.4, -0.2) is 89.3 Å². The molecule has 3 aromatic rings. The number of ether oxygens (including phenoxy) is 3. The average Bonchev–Trinajstić information content (AvgIpc) is 3.25. The monoisotopic (exact) mass is 536 g/mol. The highest BCUT2D eigenvalue weighted by Crippen LogP contribution is 2.22. The van der Waals surface area contributed by atoms with Gasteiger partial charge in [-0.15, -0.1) is 0 Å². The van der Waals surface area contributed by atoms with Gasteiger partial charge in [-0.1, -0.05) is 29.8 Å². The van der Waals surface area contributed by atoms with Gasteiger partial charge in [0.1, 0.15) is 30.3 Å².